The molecular formula is C17H15BO3. The van der Waals surface area contributed by atoms with Crippen LogP contribution in [0.25, 0.3) is 10.8 Å². The maximum Gasteiger partial charge on any atom is 0.492 e. The Balaban J connectivity index is 2.00. The van der Waals surface area contributed by atoms with E-state index in [1.54, 1.807) is 6.07 Å². The van der Waals surface area contributed by atoms with E-state index in [0.717, 1.165) is 16.3 Å². The third kappa shape index (κ3) is 2.91. The molecule has 3 rings (SSSR count). The Morgan fingerprint density at radius 2 is 1.52 bits per heavy atom. The molecule has 0 saturated heterocycles. The van der Waals surface area contributed by atoms with Gasteiger partial charge in [0.15, 0.2) is 0 Å². The summed E-state index contributed by atoms with van der Waals surface area (Å²) >= 11 is 0. The van der Waals surface area contributed by atoms with Crippen molar-refractivity contribution in [1.29, 1.82) is 0 Å². The van der Waals surface area contributed by atoms with E-state index in [1.807, 2.05) is 60.7 Å². The Labute approximate surface area is 123 Å². The molecule has 0 radical (unpaired) electrons. The standard InChI is InChI=1S/C17H15BO3/c19-18(20)16-11-10-14-8-4-5-9-15(14)17(16)21-12-13-6-2-1-3-7-13/h1-11,19-20H,12H2. The average Bonchev–Trinajstić information content (AvgIpc) is 2.53. The third-order valence-corrected chi connectivity index (χ3v) is 3.41. The zero-order valence-corrected chi connectivity index (χ0v) is 11.4. The van der Waals surface area contributed by atoms with Crippen molar-refractivity contribution in [3.05, 3.63) is 72.3 Å². The van der Waals surface area contributed by atoms with Gasteiger partial charge in [0.05, 0.1) is 0 Å². The van der Waals surface area contributed by atoms with Crippen LogP contribution >= 0.6 is 0 Å². The highest BCUT2D eigenvalue weighted by Gasteiger charge is 2.19. The molecule has 3 aromatic rings. The molecule has 0 amide bonds. The van der Waals surface area contributed by atoms with E-state index < -0.39 is 7.12 Å². The number of hydrogen-bond donors (Lipinski definition) is 2. The summed E-state index contributed by atoms with van der Waals surface area (Å²) < 4.78 is 5.88. The minimum absolute atomic E-state index is 0.379. The molecule has 0 saturated carbocycles. The molecule has 0 bridgehead atoms. The molecule has 0 unspecified atom stereocenters. The van der Waals surface area contributed by atoms with Crippen molar-refractivity contribution in [2.75, 3.05) is 0 Å². The fraction of sp³-hybridized carbons (Fsp3) is 0.0588. The van der Waals surface area contributed by atoms with Crippen LogP contribution in [0.4, 0.5) is 0 Å². The quantitative estimate of drug-likeness (QED) is 0.718. The lowest BCUT2D eigenvalue weighted by atomic mass is 9.78. The first-order valence-corrected chi connectivity index (χ1v) is 6.80. The van der Waals surface area contributed by atoms with Gasteiger partial charge in [0, 0.05) is 10.8 Å². The summed E-state index contributed by atoms with van der Waals surface area (Å²) in [6.07, 6.45) is 0. The molecule has 0 heterocycles. The maximum atomic E-state index is 9.54. The molecule has 4 heteroatoms. The number of hydrogen-bond acceptors (Lipinski definition) is 3. The number of ether oxygens (including phenoxy) is 1. The lowest BCUT2D eigenvalue weighted by molar-refractivity contribution is 0.310. The molecule has 2 N–H and O–H groups in total. The van der Waals surface area contributed by atoms with E-state index in [4.69, 9.17) is 4.74 Å². The highest BCUT2D eigenvalue weighted by molar-refractivity contribution is 6.60. The maximum absolute atomic E-state index is 9.54. The second kappa shape index (κ2) is 6.00. The van der Waals surface area contributed by atoms with Crippen LogP contribution in [0.15, 0.2) is 66.7 Å². The summed E-state index contributed by atoms with van der Waals surface area (Å²) in [4.78, 5) is 0. The van der Waals surface area contributed by atoms with Crippen molar-refractivity contribution in [2.24, 2.45) is 0 Å². The van der Waals surface area contributed by atoms with Gasteiger partial charge in [0.1, 0.15) is 12.4 Å². The summed E-state index contributed by atoms with van der Waals surface area (Å²) in [6, 6.07) is 21.1. The minimum atomic E-state index is -1.56. The fourth-order valence-electron chi connectivity index (χ4n) is 2.35. The Morgan fingerprint density at radius 3 is 2.29 bits per heavy atom. The van der Waals surface area contributed by atoms with Gasteiger partial charge < -0.3 is 14.8 Å². The van der Waals surface area contributed by atoms with E-state index in [9.17, 15) is 10.0 Å². The Morgan fingerprint density at radius 1 is 0.810 bits per heavy atom. The first-order valence-electron chi connectivity index (χ1n) is 6.80. The smallest absolute Gasteiger partial charge is 0.489 e. The lowest BCUT2D eigenvalue weighted by Crippen LogP contribution is -2.31. The number of rotatable bonds is 4. The Bertz CT molecular complexity index is 741. The molecule has 0 aliphatic heterocycles. The molecule has 104 valence electrons. The summed E-state index contributed by atoms with van der Waals surface area (Å²) in [5.41, 5.74) is 1.41. The van der Waals surface area contributed by atoms with Crippen LogP contribution in [0, 0.1) is 0 Å². The van der Waals surface area contributed by atoms with E-state index in [2.05, 4.69) is 0 Å². The number of fused-ring (bicyclic) bond motifs is 1. The molecule has 0 spiro atoms. The lowest BCUT2D eigenvalue weighted by Gasteiger charge is -2.14. The normalized spacial score (nSPS) is 10.6. The molecule has 3 nitrogen and oxygen atoms in total. The van der Waals surface area contributed by atoms with Crippen LogP contribution in [-0.4, -0.2) is 17.2 Å². The first-order chi connectivity index (χ1) is 10.3. The van der Waals surface area contributed by atoms with E-state index in [1.165, 1.54) is 0 Å². The summed E-state index contributed by atoms with van der Waals surface area (Å²) in [5, 5.41) is 21.0. The SMILES string of the molecule is OB(O)c1ccc2ccccc2c1OCc1ccccc1. The molecule has 0 aromatic heterocycles. The second-order valence-electron chi connectivity index (χ2n) is 4.85. The largest absolute Gasteiger partial charge is 0.492 e. The second-order valence-corrected chi connectivity index (χ2v) is 4.85. The highest BCUT2D eigenvalue weighted by atomic mass is 16.5. The van der Waals surface area contributed by atoms with Crippen LogP contribution in [0.3, 0.4) is 0 Å². The molecule has 0 aliphatic rings. The van der Waals surface area contributed by atoms with Crippen molar-refractivity contribution in [1.82, 2.24) is 0 Å². The minimum Gasteiger partial charge on any atom is -0.489 e. The van der Waals surface area contributed by atoms with Gasteiger partial charge in [-0.1, -0.05) is 66.7 Å². The predicted molar refractivity (Wildman–Crippen MR) is 84.5 cm³/mol. The Kier molecular flexibility index (Phi) is 3.91. The summed E-state index contributed by atoms with van der Waals surface area (Å²) in [6.45, 7) is 0.383. The van der Waals surface area contributed by atoms with Crippen LogP contribution in [0.2, 0.25) is 0 Å². The van der Waals surface area contributed by atoms with Gasteiger partial charge in [-0.25, -0.2) is 0 Å². The van der Waals surface area contributed by atoms with Gasteiger partial charge in [-0.05, 0) is 10.9 Å². The topological polar surface area (TPSA) is 49.7 Å². The van der Waals surface area contributed by atoms with Crippen LogP contribution in [-0.2, 0) is 6.61 Å². The number of benzene rings is 3. The Hall–Kier alpha value is -2.30. The van der Waals surface area contributed by atoms with Crippen LogP contribution < -0.4 is 10.2 Å². The average molecular weight is 278 g/mol. The molecule has 0 atom stereocenters. The molecule has 0 aliphatic carbocycles. The monoisotopic (exact) mass is 278 g/mol. The molecule has 3 aromatic carbocycles. The molecular weight excluding hydrogens is 263 g/mol. The van der Waals surface area contributed by atoms with Gasteiger partial charge in [0.2, 0.25) is 0 Å². The van der Waals surface area contributed by atoms with Gasteiger partial charge in [-0.2, -0.15) is 0 Å². The van der Waals surface area contributed by atoms with Crippen molar-refractivity contribution in [2.45, 2.75) is 6.61 Å². The fourth-order valence-corrected chi connectivity index (χ4v) is 2.35. The van der Waals surface area contributed by atoms with Crippen molar-refractivity contribution in [3.63, 3.8) is 0 Å². The zero-order valence-electron chi connectivity index (χ0n) is 11.4. The first kappa shape index (κ1) is 13.7. The summed E-state index contributed by atoms with van der Waals surface area (Å²) in [5.74, 6) is 0.520. The zero-order chi connectivity index (χ0) is 14.7. The third-order valence-electron chi connectivity index (χ3n) is 3.41. The van der Waals surface area contributed by atoms with Gasteiger partial charge in [-0.15, -0.1) is 0 Å². The highest BCUT2D eigenvalue weighted by Crippen LogP contribution is 2.24. The summed E-state index contributed by atoms with van der Waals surface area (Å²) in [7, 11) is -1.56. The van der Waals surface area contributed by atoms with E-state index in [-0.39, 0.29) is 0 Å². The van der Waals surface area contributed by atoms with Crippen molar-refractivity contribution < 1.29 is 14.8 Å². The van der Waals surface area contributed by atoms with E-state index in [0.29, 0.717) is 17.8 Å². The predicted octanol–water partition coefficient (Wildman–Crippen LogP) is 2.10. The van der Waals surface area contributed by atoms with Crippen molar-refractivity contribution in [3.8, 4) is 5.75 Å². The molecule has 0 fully saturated rings. The molecule has 21 heavy (non-hydrogen) atoms. The van der Waals surface area contributed by atoms with Gasteiger partial charge >= 0.3 is 7.12 Å². The van der Waals surface area contributed by atoms with Crippen LogP contribution in [0.1, 0.15) is 5.56 Å². The van der Waals surface area contributed by atoms with Crippen molar-refractivity contribution >= 4 is 23.4 Å². The van der Waals surface area contributed by atoms with Crippen LogP contribution in [0.5, 0.6) is 5.75 Å². The van der Waals surface area contributed by atoms with Gasteiger partial charge in [-0.3, -0.25) is 0 Å². The van der Waals surface area contributed by atoms with E-state index >= 15 is 0 Å². The van der Waals surface area contributed by atoms with Gasteiger partial charge in [0.25, 0.3) is 0 Å².